The summed E-state index contributed by atoms with van der Waals surface area (Å²) in [5, 5.41) is 11.3. The minimum absolute atomic E-state index is 0.135. The predicted octanol–water partition coefficient (Wildman–Crippen LogP) is 2.52. The molecule has 7 nitrogen and oxygen atoms in total. The number of methoxy groups -OCH3 is 1. The van der Waals surface area contributed by atoms with Gasteiger partial charge in [-0.2, -0.15) is 0 Å². The molecule has 3 rings (SSSR count). The van der Waals surface area contributed by atoms with E-state index in [2.05, 4.69) is 0 Å². The molecule has 1 amide bonds. The summed E-state index contributed by atoms with van der Waals surface area (Å²) in [6.45, 7) is -0.606. The van der Waals surface area contributed by atoms with Gasteiger partial charge in [-0.25, -0.2) is 4.79 Å². The highest BCUT2D eigenvalue weighted by Gasteiger charge is 2.32. The number of aliphatic carboxylic acids is 1. The van der Waals surface area contributed by atoms with Crippen LogP contribution in [0.2, 0.25) is 5.02 Å². The van der Waals surface area contributed by atoms with Gasteiger partial charge in [0.1, 0.15) is 4.32 Å². The second kappa shape index (κ2) is 9.29. The third-order valence-corrected chi connectivity index (χ3v) is 5.56. The lowest BCUT2D eigenvalue weighted by Gasteiger charge is -2.14. The van der Waals surface area contributed by atoms with Gasteiger partial charge in [0, 0.05) is 5.02 Å². The molecule has 1 fully saturated rings. The van der Waals surface area contributed by atoms with Crippen LogP contribution in [0, 0.1) is 0 Å². The van der Waals surface area contributed by atoms with E-state index in [9.17, 15) is 19.5 Å². The lowest BCUT2D eigenvalue weighted by atomic mass is 10.1. The fraction of sp³-hybridized carbons (Fsp3) is 0.100. The first-order chi connectivity index (χ1) is 14.3. The van der Waals surface area contributed by atoms with Crippen LogP contribution >= 0.6 is 35.6 Å². The second-order valence-electron chi connectivity index (χ2n) is 5.95. The Morgan fingerprint density at radius 1 is 1.20 bits per heavy atom. The molecule has 0 radical (unpaired) electrons. The van der Waals surface area contributed by atoms with E-state index in [0.29, 0.717) is 16.1 Å². The molecule has 1 aliphatic heterocycles. The van der Waals surface area contributed by atoms with Gasteiger partial charge in [0.15, 0.2) is 11.5 Å². The van der Waals surface area contributed by atoms with Crippen LogP contribution in [-0.4, -0.2) is 40.7 Å². The third kappa shape index (κ3) is 4.99. The van der Waals surface area contributed by atoms with Crippen LogP contribution in [0.4, 0.5) is 0 Å². The van der Waals surface area contributed by atoms with Crippen molar-refractivity contribution in [3.8, 4) is 11.5 Å². The zero-order chi connectivity index (χ0) is 21.8. The van der Waals surface area contributed by atoms with Crippen molar-refractivity contribution in [2.45, 2.75) is 0 Å². The molecule has 0 aromatic heterocycles. The first-order valence-electron chi connectivity index (χ1n) is 8.39. The van der Waals surface area contributed by atoms with Crippen molar-refractivity contribution in [3.63, 3.8) is 0 Å². The Morgan fingerprint density at radius 3 is 2.53 bits per heavy atom. The van der Waals surface area contributed by atoms with Crippen molar-refractivity contribution < 1.29 is 29.0 Å². The summed E-state index contributed by atoms with van der Waals surface area (Å²) in [6, 6.07) is 11.0. The first kappa shape index (κ1) is 21.8. The van der Waals surface area contributed by atoms with Gasteiger partial charge in [0.25, 0.3) is 5.91 Å². The highest BCUT2D eigenvalue weighted by Crippen LogP contribution is 2.34. The Kier molecular flexibility index (Phi) is 6.76. The standard InChI is InChI=1S/C20H14ClNO6S2/c1-27-15-8-11(9-16-18(25)22(10-17(23)24)20(29)30-16)2-7-14(15)28-19(26)12-3-5-13(21)6-4-12/h2-9H,10H2,1H3,(H,23,24)/p-1/b16-9+. The average Bonchev–Trinajstić information content (AvgIpc) is 2.96. The molecule has 30 heavy (non-hydrogen) atoms. The summed E-state index contributed by atoms with van der Waals surface area (Å²) >= 11 is 11.9. The molecule has 1 saturated heterocycles. The van der Waals surface area contributed by atoms with E-state index in [0.717, 1.165) is 16.7 Å². The van der Waals surface area contributed by atoms with Gasteiger partial charge in [0.2, 0.25) is 0 Å². The smallest absolute Gasteiger partial charge is 0.343 e. The number of carbonyl (C=O) groups is 3. The van der Waals surface area contributed by atoms with Crippen LogP contribution in [0.1, 0.15) is 15.9 Å². The molecule has 0 saturated carbocycles. The number of thioether (sulfide) groups is 1. The van der Waals surface area contributed by atoms with E-state index >= 15 is 0 Å². The maximum atomic E-state index is 12.4. The fourth-order valence-electron chi connectivity index (χ4n) is 2.52. The lowest BCUT2D eigenvalue weighted by Crippen LogP contribution is -2.40. The van der Waals surface area contributed by atoms with Crippen molar-refractivity contribution in [1.82, 2.24) is 4.90 Å². The zero-order valence-electron chi connectivity index (χ0n) is 15.4. The number of hydrogen-bond donors (Lipinski definition) is 0. The summed E-state index contributed by atoms with van der Waals surface area (Å²) in [7, 11) is 1.41. The molecule has 1 heterocycles. The van der Waals surface area contributed by atoms with Gasteiger partial charge in [0.05, 0.1) is 30.1 Å². The number of rotatable bonds is 6. The number of benzene rings is 2. The summed E-state index contributed by atoms with van der Waals surface area (Å²) in [5.74, 6) is -2.04. The molecular formula is C20H13ClNO6S2-. The molecule has 2 aromatic carbocycles. The molecular weight excluding hydrogens is 450 g/mol. The van der Waals surface area contributed by atoms with Crippen molar-refractivity contribution in [3.05, 3.63) is 63.5 Å². The number of amides is 1. The quantitative estimate of drug-likeness (QED) is 0.279. The van der Waals surface area contributed by atoms with E-state index < -0.39 is 24.4 Å². The number of carbonyl (C=O) groups excluding carboxylic acids is 3. The molecule has 154 valence electrons. The highest BCUT2D eigenvalue weighted by atomic mass is 35.5. The number of esters is 1. The molecule has 10 heteroatoms. The average molecular weight is 463 g/mol. The van der Waals surface area contributed by atoms with Gasteiger partial charge in [-0.3, -0.25) is 9.69 Å². The Balaban J connectivity index is 1.80. The van der Waals surface area contributed by atoms with Crippen LogP contribution < -0.4 is 14.6 Å². The van der Waals surface area contributed by atoms with Crippen molar-refractivity contribution in [2.75, 3.05) is 13.7 Å². The number of hydrogen-bond acceptors (Lipinski definition) is 8. The third-order valence-electron chi connectivity index (χ3n) is 3.93. The van der Waals surface area contributed by atoms with Crippen LogP contribution in [-0.2, 0) is 9.59 Å². The topological polar surface area (TPSA) is 96.0 Å². The predicted molar refractivity (Wildman–Crippen MR) is 114 cm³/mol. The summed E-state index contributed by atoms with van der Waals surface area (Å²) in [6.07, 6.45) is 1.54. The Morgan fingerprint density at radius 2 is 1.90 bits per heavy atom. The van der Waals surface area contributed by atoms with Gasteiger partial charge < -0.3 is 19.4 Å². The Hall–Kier alpha value is -2.88. The van der Waals surface area contributed by atoms with Crippen LogP contribution in [0.5, 0.6) is 11.5 Å². The maximum Gasteiger partial charge on any atom is 0.343 e. The number of thiocarbonyl (C=S) groups is 1. The van der Waals surface area contributed by atoms with Gasteiger partial charge in [-0.15, -0.1) is 0 Å². The second-order valence-corrected chi connectivity index (χ2v) is 8.06. The molecule has 2 aromatic rings. The van der Waals surface area contributed by atoms with E-state index in [-0.39, 0.29) is 20.7 Å². The molecule has 0 bridgehead atoms. The van der Waals surface area contributed by atoms with Gasteiger partial charge in [-0.05, 0) is 48.0 Å². The van der Waals surface area contributed by atoms with Gasteiger partial charge in [-0.1, -0.05) is 41.6 Å². The van der Waals surface area contributed by atoms with Crippen molar-refractivity contribution in [2.24, 2.45) is 0 Å². The van der Waals surface area contributed by atoms with Crippen molar-refractivity contribution >= 4 is 63.8 Å². The minimum atomic E-state index is -1.40. The minimum Gasteiger partial charge on any atom is -0.548 e. The Bertz CT molecular complexity index is 1070. The Labute approximate surface area is 186 Å². The zero-order valence-corrected chi connectivity index (χ0v) is 17.8. The molecule has 0 aliphatic carbocycles. The van der Waals surface area contributed by atoms with Gasteiger partial charge >= 0.3 is 5.97 Å². The SMILES string of the molecule is COc1cc(/C=C2/SC(=S)N(CC(=O)[O-])C2=O)ccc1OC(=O)c1ccc(Cl)cc1. The number of nitrogens with zero attached hydrogens (tertiary/aromatic N) is 1. The first-order valence-corrected chi connectivity index (χ1v) is 9.99. The van der Waals surface area contributed by atoms with Crippen LogP contribution in [0.15, 0.2) is 47.4 Å². The molecule has 0 unspecified atom stereocenters. The molecule has 0 atom stereocenters. The molecule has 1 aliphatic rings. The number of halogens is 1. The van der Waals surface area contributed by atoms with E-state index in [4.69, 9.17) is 33.3 Å². The fourth-order valence-corrected chi connectivity index (χ4v) is 3.90. The number of ether oxygens (including phenoxy) is 2. The summed E-state index contributed by atoms with van der Waals surface area (Å²) < 4.78 is 10.8. The van der Waals surface area contributed by atoms with Crippen molar-refractivity contribution in [1.29, 1.82) is 0 Å². The monoisotopic (exact) mass is 462 g/mol. The number of carboxylic acid groups (broad SMARTS) is 1. The van der Waals surface area contributed by atoms with Crippen LogP contribution in [0.25, 0.3) is 6.08 Å². The maximum absolute atomic E-state index is 12.4. The van der Waals surface area contributed by atoms with Crippen LogP contribution in [0.3, 0.4) is 0 Å². The normalized spacial score (nSPS) is 14.9. The lowest BCUT2D eigenvalue weighted by molar-refractivity contribution is -0.305. The summed E-state index contributed by atoms with van der Waals surface area (Å²) in [4.78, 5) is 36.7. The highest BCUT2D eigenvalue weighted by molar-refractivity contribution is 8.26. The summed E-state index contributed by atoms with van der Waals surface area (Å²) in [5.41, 5.74) is 0.897. The largest absolute Gasteiger partial charge is 0.548 e. The molecule has 0 spiro atoms. The van der Waals surface area contributed by atoms with E-state index in [1.807, 2.05) is 0 Å². The molecule has 0 N–H and O–H groups in total. The number of carboxylic acids is 1. The van der Waals surface area contributed by atoms with E-state index in [1.54, 1.807) is 42.5 Å². The van der Waals surface area contributed by atoms with E-state index in [1.165, 1.54) is 13.2 Å².